The molecule has 0 aromatic heterocycles. The third kappa shape index (κ3) is 5.06. The van der Waals surface area contributed by atoms with Gasteiger partial charge in [-0.3, -0.25) is 0 Å². The molecule has 0 atom stereocenters. The summed E-state index contributed by atoms with van der Waals surface area (Å²) in [7, 11) is 1.60. The Balaban J connectivity index is 1.77. The Morgan fingerprint density at radius 3 is 2.55 bits per heavy atom. The normalized spacial score (nSPS) is 16.3. The van der Waals surface area contributed by atoms with Crippen LogP contribution in [0.1, 0.15) is 50.5 Å². The number of nitrogens with two attached hydrogens (primary N) is 1. The molecule has 1 saturated carbocycles. The molecular formula is C17H24N2O3. The molecule has 2 N–H and O–H groups in total. The van der Waals surface area contributed by atoms with Gasteiger partial charge in [0, 0.05) is 12.0 Å². The average Bonchev–Trinajstić information content (AvgIpc) is 2.58. The van der Waals surface area contributed by atoms with Gasteiger partial charge >= 0.3 is 5.97 Å². The van der Waals surface area contributed by atoms with Gasteiger partial charge in [-0.05, 0) is 36.6 Å². The molecule has 22 heavy (non-hydrogen) atoms. The average molecular weight is 304 g/mol. The zero-order valence-corrected chi connectivity index (χ0v) is 13.1. The number of benzene rings is 1. The number of hydrogen-bond donors (Lipinski definition) is 1. The summed E-state index contributed by atoms with van der Waals surface area (Å²) in [5.41, 5.74) is 6.50. The fourth-order valence-corrected chi connectivity index (χ4v) is 2.76. The lowest BCUT2D eigenvalue weighted by molar-refractivity contribution is -0.144. The molecular weight excluding hydrogens is 280 g/mol. The van der Waals surface area contributed by atoms with Gasteiger partial charge in [0.15, 0.2) is 5.84 Å². The lowest BCUT2D eigenvalue weighted by Crippen LogP contribution is -2.15. The number of amidine groups is 1. The summed E-state index contributed by atoms with van der Waals surface area (Å²) in [5, 5.41) is 3.72. The van der Waals surface area contributed by atoms with Crippen LogP contribution >= 0.6 is 0 Å². The van der Waals surface area contributed by atoms with Crippen molar-refractivity contribution in [3.8, 4) is 5.75 Å². The fourth-order valence-electron chi connectivity index (χ4n) is 2.76. The lowest BCUT2D eigenvalue weighted by Gasteiger charge is -2.20. The Bertz CT molecular complexity index is 505. The Labute approximate surface area is 131 Å². The molecule has 1 aromatic rings. The van der Waals surface area contributed by atoms with Crippen LogP contribution in [-0.2, 0) is 9.63 Å². The first-order chi connectivity index (χ1) is 10.7. The SMILES string of the molecule is COc1ccc(C(N)=NOC(=O)CCC2CCCCC2)cc1. The van der Waals surface area contributed by atoms with Gasteiger partial charge in [0.1, 0.15) is 5.75 Å². The predicted octanol–water partition coefficient (Wildman–Crippen LogP) is 3.22. The minimum absolute atomic E-state index is 0.189. The van der Waals surface area contributed by atoms with Gasteiger partial charge in [0.2, 0.25) is 0 Å². The molecule has 1 aliphatic carbocycles. The topological polar surface area (TPSA) is 73.9 Å². The molecule has 2 rings (SSSR count). The molecule has 0 saturated heterocycles. The van der Waals surface area contributed by atoms with Gasteiger partial charge < -0.3 is 15.3 Å². The maximum Gasteiger partial charge on any atom is 0.335 e. The van der Waals surface area contributed by atoms with Crippen LogP contribution in [0.15, 0.2) is 29.4 Å². The van der Waals surface area contributed by atoms with Gasteiger partial charge in [0.25, 0.3) is 0 Å². The van der Waals surface area contributed by atoms with E-state index in [1.54, 1.807) is 31.4 Å². The van der Waals surface area contributed by atoms with Crippen LogP contribution in [0.25, 0.3) is 0 Å². The van der Waals surface area contributed by atoms with Crippen molar-refractivity contribution in [1.82, 2.24) is 0 Å². The minimum atomic E-state index is -0.318. The van der Waals surface area contributed by atoms with Gasteiger partial charge in [-0.25, -0.2) is 4.79 Å². The molecule has 1 fully saturated rings. The highest BCUT2D eigenvalue weighted by molar-refractivity contribution is 5.97. The first-order valence-corrected chi connectivity index (χ1v) is 7.87. The highest BCUT2D eigenvalue weighted by atomic mass is 16.7. The smallest absolute Gasteiger partial charge is 0.335 e. The van der Waals surface area contributed by atoms with Gasteiger partial charge in [-0.15, -0.1) is 0 Å². The molecule has 0 aliphatic heterocycles. The second kappa shape index (κ2) is 8.41. The molecule has 1 aromatic carbocycles. The van der Waals surface area contributed by atoms with E-state index in [-0.39, 0.29) is 11.8 Å². The van der Waals surface area contributed by atoms with Crippen molar-refractivity contribution in [2.24, 2.45) is 16.8 Å². The number of carbonyl (C=O) groups is 1. The predicted molar refractivity (Wildman–Crippen MR) is 85.6 cm³/mol. The Hall–Kier alpha value is -2.04. The van der Waals surface area contributed by atoms with Crippen LogP contribution in [0.3, 0.4) is 0 Å². The van der Waals surface area contributed by atoms with E-state index in [1.165, 1.54) is 32.1 Å². The van der Waals surface area contributed by atoms with E-state index in [4.69, 9.17) is 15.3 Å². The van der Waals surface area contributed by atoms with Gasteiger partial charge in [0.05, 0.1) is 7.11 Å². The summed E-state index contributed by atoms with van der Waals surface area (Å²) in [6.45, 7) is 0. The summed E-state index contributed by atoms with van der Waals surface area (Å²) in [6, 6.07) is 7.10. The molecule has 1 aliphatic rings. The summed E-state index contributed by atoms with van der Waals surface area (Å²) < 4.78 is 5.07. The highest BCUT2D eigenvalue weighted by Crippen LogP contribution is 2.27. The number of carbonyl (C=O) groups excluding carboxylic acids is 1. The standard InChI is InChI=1S/C17H24N2O3/c1-21-15-10-8-14(9-11-15)17(18)19-22-16(20)12-7-13-5-3-2-4-6-13/h8-11,13H,2-7,12H2,1H3,(H2,18,19). The van der Waals surface area contributed by atoms with Crippen molar-refractivity contribution in [2.75, 3.05) is 7.11 Å². The van der Waals surface area contributed by atoms with E-state index in [0.29, 0.717) is 17.9 Å². The fraction of sp³-hybridized carbons (Fsp3) is 0.529. The first kappa shape index (κ1) is 16.3. The van der Waals surface area contributed by atoms with Crippen LogP contribution in [0.2, 0.25) is 0 Å². The van der Waals surface area contributed by atoms with E-state index >= 15 is 0 Å². The quantitative estimate of drug-likeness (QED) is 0.379. The Morgan fingerprint density at radius 1 is 1.23 bits per heavy atom. The second-order valence-electron chi connectivity index (χ2n) is 5.71. The van der Waals surface area contributed by atoms with E-state index in [0.717, 1.165) is 12.2 Å². The van der Waals surface area contributed by atoms with Crippen LogP contribution in [-0.4, -0.2) is 18.9 Å². The van der Waals surface area contributed by atoms with Gasteiger partial charge in [-0.1, -0.05) is 37.3 Å². The number of hydrogen-bond acceptors (Lipinski definition) is 4. The Morgan fingerprint density at radius 2 is 1.91 bits per heavy atom. The number of ether oxygens (including phenoxy) is 1. The van der Waals surface area contributed by atoms with Crippen LogP contribution in [0.5, 0.6) is 5.75 Å². The molecule has 0 radical (unpaired) electrons. The maximum absolute atomic E-state index is 11.7. The Kier molecular flexibility index (Phi) is 6.25. The zero-order chi connectivity index (χ0) is 15.8. The van der Waals surface area contributed by atoms with Crippen LogP contribution in [0.4, 0.5) is 0 Å². The number of oxime groups is 1. The van der Waals surface area contributed by atoms with Crippen molar-refractivity contribution < 1.29 is 14.4 Å². The zero-order valence-electron chi connectivity index (χ0n) is 13.1. The van der Waals surface area contributed by atoms with Crippen molar-refractivity contribution in [1.29, 1.82) is 0 Å². The lowest BCUT2D eigenvalue weighted by atomic mass is 9.86. The molecule has 5 nitrogen and oxygen atoms in total. The van der Waals surface area contributed by atoms with E-state index < -0.39 is 0 Å². The number of nitrogens with zero attached hydrogens (tertiary/aromatic N) is 1. The van der Waals surface area contributed by atoms with Crippen molar-refractivity contribution >= 4 is 11.8 Å². The summed E-state index contributed by atoms with van der Waals surface area (Å²) in [4.78, 5) is 16.6. The molecule has 0 heterocycles. The van der Waals surface area contributed by atoms with Crippen molar-refractivity contribution in [3.63, 3.8) is 0 Å². The molecule has 0 bridgehead atoms. The third-order valence-corrected chi connectivity index (χ3v) is 4.11. The van der Waals surface area contributed by atoms with Crippen LogP contribution < -0.4 is 10.5 Å². The largest absolute Gasteiger partial charge is 0.497 e. The van der Waals surface area contributed by atoms with Crippen molar-refractivity contribution in [3.05, 3.63) is 29.8 Å². The summed E-state index contributed by atoms with van der Waals surface area (Å²) in [6.07, 6.45) is 7.63. The van der Waals surface area contributed by atoms with E-state index in [2.05, 4.69) is 5.16 Å². The van der Waals surface area contributed by atoms with Crippen molar-refractivity contribution in [2.45, 2.75) is 44.9 Å². The van der Waals surface area contributed by atoms with E-state index in [1.807, 2.05) is 0 Å². The number of methoxy groups -OCH3 is 1. The second-order valence-corrected chi connectivity index (χ2v) is 5.71. The van der Waals surface area contributed by atoms with Gasteiger partial charge in [-0.2, -0.15) is 0 Å². The van der Waals surface area contributed by atoms with Crippen LogP contribution in [0, 0.1) is 5.92 Å². The summed E-state index contributed by atoms with van der Waals surface area (Å²) >= 11 is 0. The first-order valence-electron chi connectivity index (χ1n) is 7.87. The molecule has 0 spiro atoms. The number of rotatable bonds is 6. The third-order valence-electron chi connectivity index (χ3n) is 4.11. The molecule has 0 unspecified atom stereocenters. The monoisotopic (exact) mass is 304 g/mol. The maximum atomic E-state index is 11.7. The summed E-state index contributed by atoms with van der Waals surface area (Å²) in [5.74, 6) is 1.26. The molecule has 120 valence electrons. The molecule has 0 amide bonds. The van der Waals surface area contributed by atoms with E-state index in [9.17, 15) is 4.79 Å². The molecule has 5 heteroatoms. The minimum Gasteiger partial charge on any atom is -0.497 e. The highest BCUT2D eigenvalue weighted by Gasteiger charge is 2.15.